The largest absolute Gasteiger partial charge is 0.480 e. The number of carbonyl (C=O) groups is 2. The van der Waals surface area contributed by atoms with Crippen molar-refractivity contribution in [3.63, 3.8) is 0 Å². The summed E-state index contributed by atoms with van der Waals surface area (Å²) < 4.78 is 28.0. The van der Waals surface area contributed by atoms with E-state index in [4.69, 9.17) is 9.84 Å². The Bertz CT molecular complexity index is 625. The van der Waals surface area contributed by atoms with E-state index in [0.29, 0.717) is 0 Å². The van der Waals surface area contributed by atoms with Gasteiger partial charge < -0.3 is 15.2 Å². The van der Waals surface area contributed by atoms with E-state index in [2.05, 4.69) is 5.32 Å². The Morgan fingerprint density at radius 2 is 1.95 bits per heavy atom. The van der Waals surface area contributed by atoms with Crippen molar-refractivity contribution in [1.29, 1.82) is 0 Å². The molecule has 1 aromatic carbocycles. The molecule has 0 aromatic heterocycles. The van der Waals surface area contributed by atoms with E-state index < -0.39 is 27.8 Å². The second kappa shape index (κ2) is 7.19. The van der Waals surface area contributed by atoms with Gasteiger partial charge in [0.15, 0.2) is 9.84 Å². The topological polar surface area (TPSA) is 110 Å². The van der Waals surface area contributed by atoms with Crippen LogP contribution in [0.1, 0.15) is 16.8 Å². The molecule has 0 aliphatic carbocycles. The molecule has 1 atom stereocenters. The van der Waals surface area contributed by atoms with Gasteiger partial charge in [-0.05, 0) is 12.1 Å². The van der Waals surface area contributed by atoms with Crippen LogP contribution in [0.25, 0.3) is 0 Å². The monoisotopic (exact) mass is 315 g/mol. The van der Waals surface area contributed by atoms with E-state index in [9.17, 15) is 18.0 Å². The fourth-order valence-corrected chi connectivity index (χ4v) is 2.59. The van der Waals surface area contributed by atoms with Crippen LogP contribution in [0.2, 0.25) is 0 Å². The first kappa shape index (κ1) is 17.1. The van der Waals surface area contributed by atoms with Gasteiger partial charge in [0.2, 0.25) is 0 Å². The third-order valence-electron chi connectivity index (χ3n) is 2.75. The van der Waals surface area contributed by atoms with Crippen LogP contribution in [0.15, 0.2) is 29.2 Å². The molecule has 0 radical (unpaired) electrons. The normalized spacial score (nSPS) is 12.7. The standard InChI is InChI=1S/C13H17NO6S/c1-20-8-7-10(13(16)17)14-12(15)9-5-3-4-6-11(9)21(2,18)19/h3-6,10H,7-8H2,1-2H3,(H,14,15)(H,16,17). The van der Waals surface area contributed by atoms with Crippen molar-refractivity contribution >= 4 is 21.7 Å². The van der Waals surface area contributed by atoms with Crippen LogP contribution in [0, 0.1) is 0 Å². The molecule has 0 spiro atoms. The number of methoxy groups -OCH3 is 1. The predicted molar refractivity (Wildman–Crippen MR) is 74.9 cm³/mol. The summed E-state index contributed by atoms with van der Waals surface area (Å²) in [5.41, 5.74) is -0.0799. The lowest BCUT2D eigenvalue weighted by Gasteiger charge is -2.15. The van der Waals surface area contributed by atoms with E-state index in [1.54, 1.807) is 0 Å². The first-order chi connectivity index (χ1) is 9.77. The molecule has 0 bridgehead atoms. The SMILES string of the molecule is COCCC(NC(=O)c1ccccc1S(C)(=O)=O)C(=O)O. The zero-order valence-corrected chi connectivity index (χ0v) is 12.5. The van der Waals surface area contributed by atoms with Gasteiger partial charge >= 0.3 is 5.97 Å². The van der Waals surface area contributed by atoms with E-state index in [1.165, 1.54) is 31.4 Å². The van der Waals surface area contributed by atoms with Gasteiger partial charge in [-0.1, -0.05) is 12.1 Å². The lowest BCUT2D eigenvalue weighted by Crippen LogP contribution is -2.41. The molecule has 2 N–H and O–H groups in total. The lowest BCUT2D eigenvalue weighted by molar-refractivity contribution is -0.139. The van der Waals surface area contributed by atoms with Crippen LogP contribution < -0.4 is 5.32 Å². The Morgan fingerprint density at radius 1 is 1.33 bits per heavy atom. The van der Waals surface area contributed by atoms with Crippen molar-refractivity contribution < 1.29 is 27.9 Å². The number of ether oxygens (including phenoxy) is 1. The first-order valence-corrected chi connectivity index (χ1v) is 7.98. The lowest BCUT2D eigenvalue weighted by atomic mass is 10.1. The number of carboxylic acids is 1. The second-order valence-corrected chi connectivity index (χ2v) is 6.40. The summed E-state index contributed by atoms with van der Waals surface area (Å²) in [6, 6.07) is 4.49. The van der Waals surface area contributed by atoms with E-state index in [0.717, 1.165) is 6.26 Å². The Morgan fingerprint density at radius 3 is 2.48 bits per heavy atom. The number of sulfone groups is 1. The summed E-state index contributed by atoms with van der Waals surface area (Å²) >= 11 is 0. The maximum Gasteiger partial charge on any atom is 0.326 e. The number of aliphatic carboxylic acids is 1. The molecule has 1 unspecified atom stereocenters. The fraction of sp³-hybridized carbons (Fsp3) is 0.385. The summed E-state index contributed by atoms with van der Waals surface area (Å²) in [7, 11) is -2.17. The second-order valence-electron chi connectivity index (χ2n) is 4.41. The highest BCUT2D eigenvalue weighted by Crippen LogP contribution is 2.15. The Kier molecular flexibility index (Phi) is 5.86. The fourth-order valence-electron chi connectivity index (χ4n) is 1.71. The van der Waals surface area contributed by atoms with Gasteiger partial charge in [0.05, 0.1) is 10.5 Å². The quantitative estimate of drug-likeness (QED) is 0.749. The summed E-state index contributed by atoms with van der Waals surface area (Å²) in [5.74, 6) is -1.96. The van der Waals surface area contributed by atoms with Crippen LogP contribution >= 0.6 is 0 Å². The van der Waals surface area contributed by atoms with Gasteiger partial charge in [-0.3, -0.25) is 4.79 Å². The minimum Gasteiger partial charge on any atom is -0.480 e. The predicted octanol–water partition coefficient (Wildman–Crippen LogP) is 0.310. The van der Waals surface area contributed by atoms with Gasteiger partial charge in [0.1, 0.15) is 6.04 Å². The van der Waals surface area contributed by atoms with Crippen LogP contribution in [0.5, 0.6) is 0 Å². The molecule has 1 rings (SSSR count). The molecule has 8 heteroatoms. The molecule has 116 valence electrons. The molecule has 0 fully saturated rings. The average Bonchev–Trinajstić information content (AvgIpc) is 2.42. The van der Waals surface area contributed by atoms with Gasteiger partial charge in [0, 0.05) is 26.4 Å². The minimum absolute atomic E-state index is 0.0799. The third kappa shape index (κ3) is 4.83. The first-order valence-electron chi connectivity index (χ1n) is 6.09. The summed E-state index contributed by atoms with van der Waals surface area (Å²) in [4.78, 5) is 23.0. The van der Waals surface area contributed by atoms with Crippen molar-refractivity contribution in [2.75, 3.05) is 20.0 Å². The van der Waals surface area contributed by atoms with Crippen LogP contribution in [0.3, 0.4) is 0 Å². The number of hydrogen-bond donors (Lipinski definition) is 2. The number of carbonyl (C=O) groups excluding carboxylic acids is 1. The van der Waals surface area contributed by atoms with E-state index in [-0.39, 0.29) is 23.5 Å². The molecular formula is C13H17NO6S. The van der Waals surface area contributed by atoms with Crippen molar-refractivity contribution in [2.24, 2.45) is 0 Å². The van der Waals surface area contributed by atoms with Crippen molar-refractivity contribution in [2.45, 2.75) is 17.4 Å². The molecule has 0 aliphatic heterocycles. The van der Waals surface area contributed by atoms with Gasteiger partial charge in [-0.15, -0.1) is 0 Å². The number of rotatable bonds is 7. The van der Waals surface area contributed by atoms with E-state index in [1.807, 2.05) is 0 Å². The summed E-state index contributed by atoms with van der Waals surface area (Å²) in [6.07, 6.45) is 1.07. The highest BCUT2D eigenvalue weighted by Gasteiger charge is 2.23. The molecule has 7 nitrogen and oxygen atoms in total. The van der Waals surface area contributed by atoms with Crippen molar-refractivity contribution in [1.82, 2.24) is 5.32 Å². The molecule has 0 saturated heterocycles. The summed E-state index contributed by atoms with van der Waals surface area (Å²) in [6.45, 7) is 0.158. The highest BCUT2D eigenvalue weighted by molar-refractivity contribution is 7.90. The minimum atomic E-state index is -3.58. The van der Waals surface area contributed by atoms with E-state index >= 15 is 0 Å². The zero-order chi connectivity index (χ0) is 16.0. The van der Waals surface area contributed by atoms with Crippen LogP contribution in [-0.4, -0.2) is 51.4 Å². The van der Waals surface area contributed by atoms with Gasteiger partial charge in [-0.2, -0.15) is 0 Å². The Balaban J connectivity index is 3.01. The Hall–Kier alpha value is -1.93. The smallest absolute Gasteiger partial charge is 0.326 e. The molecule has 0 saturated carbocycles. The van der Waals surface area contributed by atoms with Gasteiger partial charge in [0.25, 0.3) is 5.91 Å². The Labute approximate surface area is 122 Å². The van der Waals surface area contributed by atoms with Crippen LogP contribution in [-0.2, 0) is 19.4 Å². The summed E-state index contributed by atoms with van der Waals surface area (Å²) in [5, 5.41) is 11.3. The molecule has 0 aliphatic rings. The maximum absolute atomic E-state index is 12.1. The number of benzene rings is 1. The van der Waals surface area contributed by atoms with Gasteiger partial charge in [-0.25, -0.2) is 13.2 Å². The number of carboxylic acid groups (broad SMARTS) is 1. The molecular weight excluding hydrogens is 298 g/mol. The molecule has 1 amide bonds. The molecule has 0 heterocycles. The van der Waals surface area contributed by atoms with Crippen molar-refractivity contribution in [3.05, 3.63) is 29.8 Å². The number of nitrogens with one attached hydrogen (secondary N) is 1. The van der Waals surface area contributed by atoms with Crippen LogP contribution in [0.4, 0.5) is 0 Å². The maximum atomic E-state index is 12.1. The molecule has 21 heavy (non-hydrogen) atoms. The number of amides is 1. The average molecular weight is 315 g/mol. The van der Waals surface area contributed by atoms with Crippen molar-refractivity contribution in [3.8, 4) is 0 Å². The zero-order valence-electron chi connectivity index (χ0n) is 11.7. The highest BCUT2D eigenvalue weighted by atomic mass is 32.2. The third-order valence-corrected chi connectivity index (χ3v) is 3.90. The number of hydrogen-bond acceptors (Lipinski definition) is 5. The molecule has 1 aromatic rings.